The van der Waals surface area contributed by atoms with Crippen LogP contribution in [0.4, 0.5) is 0 Å². The molecule has 0 bridgehead atoms. The number of nitrogens with one attached hydrogen (secondary N) is 1. The highest BCUT2D eigenvalue weighted by Gasteiger charge is 2.26. The summed E-state index contributed by atoms with van der Waals surface area (Å²) in [5, 5.41) is 3.80. The van der Waals surface area contributed by atoms with Gasteiger partial charge in [0.2, 0.25) is 0 Å². The van der Waals surface area contributed by atoms with Gasteiger partial charge in [-0.15, -0.1) is 0 Å². The third-order valence-corrected chi connectivity index (χ3v) is 5.49. The van der Waals surface area contributed by atoms with Crippen LogP contribution in [0, 0.1) is 0 Å². The highest BCUT2D eigenvalue weighted by Crippen LogP contribution is 2.25. The molecule has 1 aliphatic rings. The van der Waals surface area contributed by atoms with Gasteiger partial charge in [-0.05, 0) is 39.2 Å². The van der Waals surface area contributed by atoms with Crippen molar-refractivity contribution in [1.29, 1.82) is 0 Å². The van der Waals surface area contributed by atoms with E-state index in [9.17, 15) is 9.59 Å². The smallest absolute Gasteiger partial charge is 0.292 e. The van der Waals surface area contributed by atoms with Crippen LogP contribution in [-0.4, -0.2) is 60.6 Å². The quantitative estimate of drug-likeness (QED) is 0.431. The first kappa shape index (κ1) is 20.6. The van der Waals surface area contributed by atoms with Crippen LogP contribution in [0.1, 0.15) is 49.5 Å². The second-order valence-electron chi connectivity index (χ2n) is 7.83. The second-order valence-corrected chi connectivity index (χ2v) is 7.83. The zero-order valence-electron chi connectivity index (χ0n) is 17.1. The third kappa shape index (κ3) is 4.62. The van der Waals surface area contributed by atoms with Gasteiger partial charge in [-0.25, -0.2) is 0 Å². The summed E-state index contributed by atoms with van der Waals surface area (Å²) < 4.78 is 7.15. The summed E-state index contributed by atoms with van der Waals surface area (Å²) in [5.74, 6) is -0.942. The van der Waals surface area contributed by atoms with Crippen LogP contribution < -0.4 is 5.32 Å². The van der Waals surface area contributed by atoms with E-state index in [-0.39, 0.29) is 12.1 Å². The molecule has 0 saturated carbocycles. The lowest BCUT2D eigenvalue weighted by Gasteiger charge is -2.32. The van der Waals surface area contributed by atoms with Crippen LogP contribution in [-0.2, 0) is 9.53 Å². The van der Waals surface area contributed by atoms with Gasteiger partial charge in [-0.3, -0.25) is 9.59 Å². The summed E-state index contributed by atoms with van der Waals surface area (Å²) in [6.45, 7) is 7.81. The molecule has 0 radical (unpaired) electrons. The van der Waals surface area contributed by atoms with Gasteiger partial charge < -0.3 is 19.5 Å². The molecule has 0 spiro atoms. The highest BCUT2D eigenvalue weighted by molar-refractivity contribution is 6.45. The van der Waals surface area contributed by atoms with Gasteiger partial charge in [0.15, 0.2) is 0 Å². The van der Waals surface area contributed by atoms with Gasteiger partial charge in [-0.1, -0.05) is 18.2 Å². The van der Waals surface area contributed by atoms with Crippen LogP contribution in [0.5, 0.6) is 0 Å². The number of ether oxygens (including phenoxy) is 1. The maximum Gasteiger partial charge on any atom is 0.292 e. The van der Waals surface area contributed by atoms with Crippen molar-refractivity contribution in [1.82, 2.24) is 14.8 Å². The first-order valence-electron chi connectivity index (χ1n) is 10.2. The Morgan fingerprint density at radius 1 is 1.21 bits per heavy atom. The summed E-state index contributed by atoms with van der Waals surface area (Å²) >= 11 is 0. The third-order valence-electron chi connectivity index (χ3n) is 5.49. The first-order chi connectivity index (χ1) is 13.5. The standard InChI is InChI=1S/C22H31N3O3/c1-16(2)25-15-19(18-7-4-5-8-20(18)25)21(26)22(27)23-17-9-12-24(13-10-17)11-6-14-28-3/h4-5,7-8,15-17H,6,9-14H2,1-3H3,(H,23,27). The topological polar surface area (TPSA) is 63.6 Å². The summed E-state index contributed by atoms with van der Waals surface area (Å²) in [5.41, 5.74) is 1.47. The maximum absolute atomic E-state index is 12.9. The molecule has 1 amide bonds. The zero-order chi connectivity index (χ0) is 20.1. The fraction of sp³-hybridized carbons (Fsp3) is 0.545. The molecule has 6 nitrogen and oxygen atoms in total. The number of likely N-dealkylation sites (tertiary alicyclic amines) is 1. The molecule has 0 atom stereocenters. The van der Waals surface area contributed by atoms with E-state index in [4.69, 9.17) is 4.74 Å². The fourth-order valence-electron chi connectivity index (χ4n) is 3.92. The fourth-order valence-corrected chi connectivity index (χ4v) is 3.92. The lowest BCUT2D eigenvalue weighted by molar-refractivity contribution is -0.117. The molecule has 1 aromatic carbocycles. The number of fused-ring (bicyclic) bond motifs is 1. The Kier molecular flexibility index (Phi) is 6.86. The Hall–Kier alpha value is -2.18. The zero-order valence-corrected chi connectivity index (χ0v) is 17.1. The lowest BCUT2D eigenvalue weighted by Crippen LogP contribution is -2.46. The van der Waals surface area contributed by atoms with Crippen molar-refractivity contribution in [3.05, 3.63) is 36.0 Å². The number of benzene rings is 1. The van der Waals surface area contributed by atoms with Crippen LogP contribution >= 0.6 is 0 Å². The Morgan fingerprint density at radius 3 is 2.61 bits per heavy atom. The molecular weight excluding hydrogens is 354 g/mol. The van der Waals surface area contributed by atoms with E-state index in [0.717, 1.165) is 56.4 Å². The summed E-state index contributed by atoms with van der Waals surface area (Å²) in [4.78, 5) is 27.9. The molecule has 6 heteroatoms. The number of rotatable bonds is 8. The predicted molar refractivity (Wildman–Crippen MR) is 111 cm³/mol. The molecule has 1 aromatic heterocycles. The van der Waals surface area contributed by atoms with Crippen molar-refractivity contribution < 1.29 is 14.3 Å². The Balaban J connectivity index is 1.62. The van der Waals surface area contributed by atoms with Crippen molar-refractivity contribution in [3.63, 3.8) is 0 Å². The Bertz CT molecular complexity index is 820. The van der Waals surface area contributed by atoms with Gasteiger partial charge in [0.25, 0.3) is 11.7 Å². The summed E-state index contributed by atoms with van der Waals surface area (Å²) in [6.07, 6.45) is 4.58. The largest absolute Gasteiger partial charge is 0.385 e. The van der Waals surface area contributed by atoms with Gasteiger partial charge in [0, 0.05) is 62.5 Å². The van der Waals surface area contributed by atoms with Crippen molar-refractivity contribution in [2.24, 2.45) is 0 Å². The number of methoxy groups -OCH3 is 1. The molecule has 0 aliphatic carbocycles. The van der Waals surface area contributed by atoms with Crippen molar-refractivity contribution in [2.45, 2.75) is 45.2 Å². The van der Waals surface area contributed by atoms with Gasteiger partial charge in [-0.2, -0.15) is 0 Å². The number of piperidine rings is 1. The van der Waals surface area contributed by atoms with E-state index in [2.05, 4.69) is 24.1 Å². The summed E-state index contributed by atoms with van der Waals surface area (Å²) in [7, 11) is 1.72. The number of aromatic nitrogens is 1. The van der Waals surface area contributed by atoms with E-state index in [0.29, 0.717) is 5.56 Å². The normalized spacial score (nSPS) is 16.0. The number of ketones is 1. The van der Waals surface area contributed by atoms with E-state index in [1.165, 1.54) is 0 Å². The molecule has 1 fully saturated rings. The predicted octanol–water partition coefficient (Wildman–Crippen LogP) is 3.02. The minimum absolute atomic E-state index is 0.0635. The number of amides is 1. The molecule has 152 valence electrons. The highest BCUT2D eigenvalue weighted by atomic mass is 16.5. The molecule has 1 N–H and O–H groups in total. The molecule has 2 aromatic rings. The lowest BCUT2D eigenvalue weighted by atomic mass is 10.0. The molecule has 3 rings (SSSR count). The first-order valence-corrected chi connectivity index (χ1v) is 10.2. The van der Waals surface area contributed by atoms with E-state index >= 15 is 0 Å². The number of para-hydroxylation sites is 1. The Labute approximate surface area is 166 Å². The number of hydrogen-bond acceptors (Lipinski definition) is 4. The van der Waals surface area contributed by atoms with E-state index in [1.807, 2.05) is 35.0 Å². The maximum atomic E-state index is 12.9. The molecular formula is C22H31N3O3. The van der Waals surface area contributed by atoms with Crippen LogP contribution in [0.15, 0.2) is 30.5 Å². The molecule has 28 heavy (non-hydrogen) atoms. The van der Waals surface area contributed by atoms with Crippen LogP contribution in [0.2, 0.25) is 0 Å². The number of carbonyl (C=O) groups excluding carboxylic acids is 2. The molecule has 1 aliphatic heterocycles. The van der Waals surface area contributed by atoms with E-state index in [1.54, 1.807) is 7.11 Å². The van der Waals surface area contributed by atoms with Crippen molar-refractivity contribution >= 4 is 22.6 Å². The number of hydrogen-bond donors (Lipinski definition) is 1. The number of Topliss-reactive ketones (excluding diaryl/α,β-unsaturated/α-hetero) is 1. The number of carbonyl (C=O) groups is 2. The van der Waals surface area contributed by atoms with Crippen LogP contribution in [0.25, 0.3) is 10.9 Å². The average molecular weight is 386 g/mol. The number of nitrogens with zero attached hydrogens (tertiary/aromatic N) is 2. The molecule has 1 saturated heterocycles. The second kappa shape index (κ2) is 9.34. The minimum Gasteiger partial charge on any atom is -0.385 e. The van der Waals surface area contributed by atoms with Gasteiger partial charge >= 0.3 is 0 Å². The van der Waals surface area contributed by atoms with E-state index < -0.39 is 11.7 Å². The summed E-state index contributed by atoms with van der Waals surface area (Å²) in [6, 6.07) is 8.04. The van der Waals surface area contributed by atoms with Gasteiger partial charge in [0.05, 0.1) is 5.56 Å². The monoisotopic (exact) mass is 385 g/mol. The SMILES string of the molecule is COCCCN1CCC(NC(=O)C(=O)c2cn(C(C)C)c3ccccc23)CC1. The van der Waals surface area contributed by atoms with Crippen molar-refractivity contribution in [3.8, 4) is 0 Å². The van der Waals surface area contributed by atoms with Crippen LogP contribution in [0.3, 0.4) is 0 Å². The Morgan fingerprint density at radius 2 is 1.93 bits per heavy atom. The average Bonchev–Trinajstić information content (AvgIpc) is 3.09. The van der Waals surface area contributed by atoms with Crippen molar-refractivity contribution in [2.75, 3.05) is 33.4 Å². The minimum atomic E-state index is -0.496. The van der Waals surface area contributed by atoms with Gasteiger partial charge in [0.1, 0.15) is 0 Å². The molecule has 0 unspecified atom stereocenters. The molecule has 2 heterocycles.